The Bertz CT molecular complexity index is 368. The molecule has 0 atom stereocenters. The van der Waals surface area contributed by atoms with E-state index in [1.165, 1.54) is 6.07 Å². The summed E-state index contributed by atoms with van der Waals surface area (Å²) in [4.78, 5) is 0. The summed E-state index contributed by atoms with van der Waals surface area (Å²) >= 11 is 2.80. The van der Waals surface area contributed by atoms with Crippen molar-refractivity contribution < 1.29 is 23.5 Å². The molecule has 0 aliphatic rings. The van der Waals surface area contributed by atoms with Gasteiger partial charge in [-0.3, -0.25) is 0 Å². The molecule has 3 nitrogen and oxygen atoms in total. The van der Waals surface area contributed by atoms with Gasteiger partial charge in [0, 0.05) is 6.54 Å². The molecule has 3 N–H and O–H groups in total. The fraction of sp³-hybridized carbons (Fsp3) is 0.250. The minimum Gasteiger partial charge on any atom is -0.506 e. The lowest BCUT2D eigenvalue weighted by atomic mass is 10.1. The third-order valence-corrected chi connectivity index (χ3v) is 2.32. The predicted molar refractivity (Wildman–Crippen MR) is 49.4 cm³/mol. The Morgan fingerprint density at radius 2 is 1.93 bits per heavy atom. The number of phenolic OH excluding ortho intramolecular Hbond substituents is 1. The van der Waals surface area contributed by atoms with Crippen molar-refractivity contribution in [2.24, 2.45) is 0 Å². The van der Waals surface area contributed by atoms with E-state index in [0.29, 0.717) is 0 Å². The third kappa shape index (κ3) is 2.83. The minimum absolute atomic E-state index is 0.0671. The zero-order chi connectivity index (χ0) is 11.6. The lowest BCUT2D eigenvalue weighted by molar-refractivity contribution is -0.138. The number of alkyl halides is 3. The number of nitrogens with one attached hydrogen (secondary N) is 1. The molecule has 0 spiro atoms. The Kier molecular flexibility index (Phi) is 3.58. The number of halogens is 4. The molecule has 0 aromatic heterocycles. The summed E-state index contributed by atoms with van der Waals surface area (Å²) in [5, 5.41) is 17.5. The molecule has 0 unspecified atom stereocenters. The first-order valence-electron chi connectivity index (χ1n) is 3.81. The van der Waals surface area contributed by atoms with Crippen LogP contribution in [0, 0.1) is 0 Å². The molecule has 0 saturated heterocycles. The molecule has 1 aromatic rings. The standard InChI is InChI=1S/C8H7BrF3NO2/c9-6-2-4(3-13-15)1-5(7(6)14)8(10,11)12/h1-2,13-15H,3H2. The predicted octanol–water partition coefficient (Wildman–Crippen LogP) is 2.65. The SMILES string of the molecule is ONCc1cc(Br)c(O)c(C(F)(F)F)c1. The molecule has 0 amide bonds. The highest BCUT2D eigenvalue weighted by Crippen LogP contribution is 2.40. The summed E-state index contributed by atoms with van der Waals surface area (Å²) in [6.07, 6.45) is -4.63. The molecule has 15 heavy (non-hydrogen) atoms. The number of rotatable bonds is 2. The maximum absolute atomic E-state index is 12.4. The molecular weight excluding hydrogens is 279 g/mol. The van der Waals surface area contributed by atoms with Gasteiger partial charge in [-0.05, 0) is 33.6 Å². The second-order valence-electron chi connectivity index (χ2n) is 2.81. The summed E-state index contributed by atoms with van der Waals surface area (Å²) in [7, 11) is 0. The highest BCUT2D eigenvalue weighted by Gasteiger charge is 2.35. The molecule has 0 bridgehead atoms. The van der Waals surface area contributed by atoms with E-state index in [2.05, 4.69) is 15.9 Å². The second-order valence-corrected chi connectivity index (χ2v) is 3.66. The largest absolute Gasteiger partial charge is 0.506 e. The van der Waals surface area contributed by atoms with Crippen LogP contribution in [0.5, 0.6) is 5.75 Å². The van der Waals surface area contributed by atoms with Crippen molar-refractivity contribution in [3.05, 3.63) is 27.7 Å². The first-order chi connectivity index (χ1) is 6.86. The van der Waals surface area contributed by atoms with E-state index in [4.69, 9.17) is 5.21 Å². The molecule has 1 rings (SSSR count). The van der Waals surface area contributed by atoms with E-state index >= 15 is 0 Å². The Labute approximate surface area is 91.6 Å². The van der Waals surface area contributed by atoms with Crippen LogP contribution in [0.1, 0.15) is 11.1 Å². The van der Waals surface area contributed by atoms with Crippen molar-refractivity contribution in [1.82, 2.24) is 5.48 Å². The molecule has 0 fully saturated rings. The number of phenols is 1. The molecule has 0 radical (unpaired) electrons. The van der Waals surface area contributed by atoms with Crippen LogP contribution in [0.15, 0.2) is 16.6 Å². The van der Waals surface area contributed by atoms with Crippen molar-refractivity contribution in [3.63, 3.8) is 0 Å². The van der Waals surface area contributed by atoms with Crippen LogP contribution in [0.2, 0.25) is 0 Å². The molecule has 1 aromatic carbocycles. The van der Waals surface area contributed by atoms with Gasteiger partial charge < -0.3 is 10.3 Å². The summed E-state index contributed by atoms with van der Waals surface area (Å²) in [5.74, 6) is -0.857. The highest BCUT2D eigenvalue weighted by atomic mass is 79.9. The van der Waals surface area contributed by atoms with E-state index in [1.807, 2.05) is 0 Å². The zero-order valence-corrected chi connectivity index (χ0v) is 8.85. The van der Waals surface area contributed by atoms with Crippen LogP contribution in [0.3, 0.4) is 0 Å². The Balaban J connectivity index is 3.25. The fourth-order valence-corrected chi connectivity index (χ4v) is 1.57. The maximum atomic E-state index is 12.4. The molecule has 0 saturated carbocycles. The average Bonchev–Trinajstić information content (AvgIpc) is 2.09. The van der Waals surface area contributed by atoms with Gasteiger partial charge in [0.1, 0.15) is 5.75 Å². The van der Waals surface area contributed by atoms with Gasteiger partial charge >= 0.3 is 6.18 Å². The van der Waals surface area contributed by atoms with Crippen LogP contribution < -0.4 is 5.48 Å². The number of hydrogen-bond donors (Lipinski definition) is 3. The minimum atomic E-state index is -4.63. The maximum Gasteiger partial charge on any atom is 0.420 e. The highest BCUT2D eigenvalue weighted by molar-refractivity contribution is 9.10. The number of hydroxylamine groups is 1. The average molecular weight is 286 g/mol. The van der Waals surface area contributed by atoms with Crippen LogP contribution in [-0.2, 0) is 12.7 Å². The van der Waals surface area contributed by atoms with Gasteiger partial charge in [-0.15, -0.1) is 0 Å². The monoisotopic (exact) mass is 285 g/mol. The van der Waals surface area contributed by atoms with E-state index in [9.17, 15) is 18.3 Å². The van der Waals surface area contributed by atoms with Gasteiger partial charge in [0.25, 0.3) is 0 Å². The van der Waals surface area contributed by atoms with Crippen molar-refractivity contribution >= 4 is 15.9 Å². The summed E-state index contributed by atoms with van der Waals surface area (Å²) in [5.41, 5.74) is 0.806. The van der Waals surface area contributed by atoms with E-state index in [-0.39, 0.29) is 16.6 Å². The van der Waals surface area contributed by atoms with E-state index < -0.39 is 17.5 Å². The number of benzene rings is 1. The Hall–Kier alpha value is -0.790. The van der Waals surface area contributed by atoms with Crippen LogP contribution in [-0.4, -0.2) is 10.3 Å². The van der Waals surface area contributed by atoms with Gasteiger partial charge in [-0.25, -0.2) is 5.48 Å². The first kappa shape index (κ1) is 12.3. The lowest BCUT2D eigenvalue weighted by Crippen LogP contribution is -2.10. The zero-order valence-electron chi connectivity index (χ0n) is 7.27. The quantitative estimate of drug-likeness (QED) is 0.733. The van der Waals surface area contributed by atoms with Gasteiger partial charge in [-0.1, -0.05) is 0 Å². The number of aromatic hydroxyl groups is 1. The van der Waals surface area contributed by atoms with Crippen LogP contribution in [0.4, 0.5) is 13.2 Å². The fourth-order valence-electron chi connectivity index (χ4n) is 1.06. The van der Waals surface area contributed by atoms with Gasteiger partial charge in [0.15, 0.2) is 0 Å². The van der Waals surface area contributed by atoms with Crippen LogP contribution in [0.25, 0.3) is 0 Å². The van der Waals surface area contributed by atoms with Crippen LogP contribution >= 0.6 is 15.9 Å². The summed E-state index contributed by atoms with van der Waals surface area (Å²) in [6.45, 7) is -0.137. The Morgan fingerprint density at radius 3 is 2.40 bits per heavy atom. The van der Waals surface area contributed by atoms with Gasteiger partial charge in [0.2, 0.25) is 0 Å². The molecule has 84 valence electrons. The van der Waals surface area contributed by atoms with Crippen molar-refractivity contribution in [2.75, 3.05) is 0 Å². The lowest BCUT2D eigenvalue weighted by Gasteiger charge is -2.12. The molecule has 0 heterocycles. The van der Waals surface area contributed by atoms with E-state index in [1.54, 1.807) is 5.48 Å². The van der Waals surface area contributed by atoms with Crippen molar-refractivity contribution in [3.8, 4) is 5.75 Å². The van der Waals surface area contributed by atoms with Gasteiger partial charge in [0.05, 0.1) is 10.0 Å². The van der Waals surface area contributed by atoms with Crippen molar-refractivity contribution in [2.45, 2.75) is 12.7 Å². The summed E-state index contributed by atoms with van der Waals surface area (Å²) < 4.78 is 37.1. The normalized spacial score (nSPS) is 11.8. The third-order valence-electron chi connectivity index (χ3n) is 1.71. The van der Waals surface area contributed by atoms with Crippen molar-refractivity contribution in [1.29, 1.82) is 0 Å². The second kappa shape index (κ2) is 4.38. The van der Waals surface area contributed by atoms with Gasteiger partial charge in [-0.2, -0.15) is 13.2 Å². The molecule has 0 aliphatic carbocycles. The summed E-state index contributed by atoms with van der Waals surface area (Å²) in [6, 6.07) is 2.05. The molecular formula is C8H7BrF3NO2. The van der Waals surface area contributed by atoms with E-state index in [0.717, 1.165) is 6.07 Å². The Morgan fingerprint density at radius 1 is 1.33 bits per heavy atom. The first-order valence-corrected chi connectivity index (χ1v) is 4.61. The molecule has 7 heteroatoms. The topological polar surface area (TPSA) is 52.5 Å². The number of hydrogen-bond acceptors (Lipinski definition) is 3. The smallest absolute Gasteiger partial charge is 0.420 e. The molecule has 0 aliphatic heterocycles.